The molecule has 0 aliphatic heterocycles. The number of fused-ring (bicyclic) bond motifs is 1. The van der Waals surface area contributed by atoms with Crippen LogP contribution in [0.5, 0.6) is 0 Å². The molecule has 106 valence electrons. The largest absolute Gasteiger partial charge is 0.302 e. The van der Waals surface area contributed by atoms with E-state index in [1.807, 2.05) is 0 Å². The van der Waals surface area contributed by atoms with Gasteiger partial charge in [-0.05, 0) is 25.1 Å². The van der Waals surface area contributed by atoms with Gasteiger partial charge in [-0.2, -0.15) is 8.42 Å². The number of nitrogens with one attached hydrogen (secondary N) is 1. The molecule has 0 aliphatic carbocycles. The lowest BCUT2D eigenvalue weighted by Crippen LogP contribution is -2.14. The van der Waals surface area contributed by atoms with E-state index in [1.54, 1.807) is 0 Å². The van der Waals surface area contributed by atoms with Crippen molar-refractivity contribution in [2.75, 3.05) is 5.32 Å². The maximum atomic E-state index is 11.4. The Hall–Kier alpha value is -1.84. The Morgan fingerprint density at radius 2 is 2.10 bits per heavy atom. The maximum absolute atomic E-state index is 11.4. The molecule has 0 saturated heterocycles. The Morgan fingerprint density at radius 3 is 2.70 bits per heavy atom. The maximum Gasteiger partial charge on any atom is 0.294 e. The lowest BCUT2D eigenvalue weighted by Gasteiger charge is -1.97. The van der Waals surface area contributed by atoms with Gasteiger partial charge in [-0.25, -0.2) is 4.98 Å². The van der Waals surface area contributed by atoms with Gasteiger partial charge in [-0.3, -0.25) is 14.1 Å². The van der Waals surface area contributed by atoms with Crippen molar-refractivity contribution in [3.63, 3.8) is 0 Å². The van der Waals surface area contributed by atoms with Gasteiger partial charge >= 0.3 is 0 Å². The normalized spacial score (nSPS) is 11.5. The summed E-state index contributed by atoms with van der Waals surface area (Å²) in [4.78, 5) is 26.1. The third-order valence-corrected chi connectivity index (χ3v) is 4.10. The number of benzene rings is 1. The van der Waals surface area contributed by atoms with Crippen LogP contribution in [0.4, 0.5) is 5.13 Å². The zero-order chi connectivity index (χ0) is 14.9. The molecule has 0 atom stereocenters. The highest BCUT2D eigenvalue weighted by Gasteiger charge is 2.13. The molecule has 0 aliphatic rings. The van der Waals surface area contributed by atoms with E-state index in [9.17, 15) is 18.0 Å². The summed E-state index contributed by atoms with van der Waals surface area (Å²) >= 11 is 1.05. The van der Waals surface area contributed by atoms with Crippen LogP contribution in [-0.2, 0) is 19.7 Å². The number of carbonyl (C=O) groups excluding carboxylic acids is 2. The van der Waals surface area contributed by atoms with Crippen LogP contribution in [0.3, 0.4) is 0 Å². The molecule has 9 heteroatoms. The standard InChI is InChI=1S/C11H10N2O5S2/c1-6(14)4-10(15)13-11-12-8-3-2-7(20(16,17)18)5-9(8)19-11/h2-3,5H,4H2,1H3,(H,12,13,15)(H,16,17,18). The van der Waals surface area contributed by atoms with Gasteiger partial charge < -0.3 is 5.32 Å². The fraction of sp³-hybridized carbons (Fsp3) is 0.182. The lowest BCUT2D eigenvalue weighted by atomic mass is 10.3. The quantitative estimate of drug-likeness (QED) is 0.652. The molecular weight excluding hydrogens is 304 g/mol. The third-order valence-electron chi connectivity index (χ3n) is 2.31. The second-order valence-corrected chi connectivity index (χ2v) is 6.50. The monoisotopic (exact) mass is 314 g/mol. The van der Waals surface area contributed by atoms with Crippen molar-refractivity contribution in [3.8, 4) is 0 Å². The molecule has 2 rings (SSSR count). The fourth-order valence-corrected chi connectivity index (χ4v) is 3.01. The highest BCUT2D eigenvalue weighted by molar-refractivity contribution is 7.85. The molecule has 1 amide bonds. The Bertz CT molecular complexity index is 794. The van der Waals surface area contributed by atoms with Crippen molar-refractivity contribution < 1.29 is 22.6 Å². The summed E-state index contributed by atoms with van der Waals surface area (Å²) in [6, 6.07) is 3.91. The average molecular weight is 314 g/mol. The number of nitrogens with zero attached hydrogens (tertiary/aromatic N) is 1. The van der Waals surface area contributed by atoms with Crippen LogP contribution in [0.2, 0.25) is 0 Å². The van der Waals surface area contributed by atoms with Gasteiger partial charge in [0.25, 0.3) is 10.1 Å². The molecular formula is C11H10N2O5S2. The van der Waals surface area contributed by atoms with E-state index in [1.165, 1.54) is 25.1 Å². The second-order valence-electron chi connectivity index (χ2n) is 4.05. The third kappa shape index (κ3) is 3.38. The Labute approximate surface area is 118 Å². The number of carbonyl (C=O) groups is 2. The highest BCUT2D eigenvalue weighted by atomic mass is 32.2. The number of hydrogen-bond donors (Lipinski definition) is 2. The molecule has 1 aromatic carbocycles. The number of amides is 1. The summed E-state index contributed by atoms with van der Waals surface area (Å²) in [6.07, 6.45) is -0.244. The van der Waals surface area contributed by atoms with E-state index in [0.29, 0.717) is 10.2 Å². The number of thiazole rings is 1. The van der Waals surface area contributed by atoms with Gasteiger partial charge in [0.15, 0.2) is 5.13 Å². The number of aromatic nitrogens is 1. The first-order valence-corrected chi connectivity index (χ1v) is 7.69. The van der Waals surface area contributed by atoms with E-state index in [2.05, 4.69) is 10.3 Å². The molecule has 0 saturated carbocycles. The van der Waals surface area contributed by atoms with E-state index in [4.69, 9.17) is 4.55 Å². The summed E-state index contributed by atoms with van der Waals surface area (Å²) in [6.45, 7) is 1.30. The molecule has 2 aromatic rings. The minimum atomic E-state index is -4.28. The second kappa shape index (κ2) is 5.27. The molecule has 0 fully saturated rings. The fourth-order valence-electron chi connectivity index (χ4n) is 1.51. The molecule has 20 heavy (non-hydrogen) atoms. The summed E-state index contributed by atoms with van der Waals surface area (Å²) < 4.78 is 31.5. The Kier molecular flexibility index (Phi) is 3.84. The van der Waals surface area contributed by atoms with Gasteiger partial charge in [0.1, 0.15) is 5.78 Å². The Morgan fingerprint density at radius 1 is 1.40 bits per heavy atom. The Balaban J connectivity index is 2.30. The molecule has 1 heterocycles. The van der Waals surface area contributed by atoms with Crippen LogP contribution >= 0.6 is 11.3 Å². The SMILES string of the molecule is CC(=O)CC(=O)Nc1nc2ccc(S(=O)(=O)O)cc2s1. The topological polar surface area (TPSA) is 113 Å². The summed E-state index contributed by atoms with van der Waals surface area (Å²) in [5.41, 5.74) is 0.487. The smallest absolute Gasteiger partial charge is 0.294 e. The lowest BCUT2D eigenvalue weighted by molar-refractivity contribution is -0.124. The van der Waals surface area contributed by atoms with E-state index >= 15 is 0 Å². The zero-order valence-electron chi connectivity index (χ0n) is 10.3. The number of anilines is 1. The van der Waals surface area contributed by atoms with E-state index in [0.717, 1.165) is 11.3 Å². The van der Waals surface area contributed by atoms with E-state index < -0.39 is 16.0 Å². The molecule has 0 spiro atoms. The van der Waals surface area contributed by atoms with Crippen LogP contribution in [0.1, 0.15) is 13.3 Å². The van der Waals surface area contributed by atoms with Crippen molar-refractivity contribution in [2.24, 2.45) is 0 Å². The molecule has 7 nitrogen and oxygen atoms in total. The summed E-state index contributed by atoms with van der Waals surface area (Å²) in [5.74, 6) is -0.746. The summed E-state index contributed by atoms with van der Waals surface area (Å²) in [7, 11) is -4.28. The minimum absolute atomic E-state index is 0.240. The first-order chi connectivity index (χ1) is 9.25. The first-order valence-electron chi connectivity index (χ1n) is 5.43. The van der Waals surface area contributed by atoms with Gasteiger partial charge in [-0.1, -0.05) is 11.3 Å². The van der Waals surface area contributed by atoms with Crippen LogP contribution < -0.4 is 5.32 Å². The van der Waals surface area contributed by atoms with E-state index in [-0.39, 0.29) is 22.2 Å². The average Bonchev–Trinajstić information content (AvgIpc) is 2.66. The van der Waals surface area contributed by atoms with Crippen LogP contribution in [-0.4, -0.2) is 29.6 Å². The van der Waals surface area contributed by atoms with Gasteiger partial charge in [0.2, 0.25) is 5.91 Å². The predicted octanol–water partition coefficient (Wildman–Crippen LogP) is 1.46. The van der Waals surface area contributed by atoms with Crippen molar-refractivity contribution in [1.82, 2.24) is 4.98 Å². The number of Topliss-reactive ketones (excluding diaryl/α,β-unsaturated/α-hetero) is 1. The highest BCUT2D eigenvalue weighted by Crippen LogP contribution is 2.28. The van der Waals surface area contributed by atoms with Crippen molar-refractivity contribution >= 4 is 48.5 Å². The minimum Gasteiger partial charge on any atom is -0.302 e. The van der Waals surface area contributed by atoms with Crippen LogP contribution in [0.15, 0.2) is 23.1 Å². The summed E-state index contributed by atoms with van der Waals surface area (Å²) in [5, 5.41) is 2.72. The number of hydrogen-bond acceptors (Lipinski definition) is 6. The van der Waals surface area contributed by atoms with Crippen molar-refractivity contribution in [1.29, 1.82) is 0 Å². The van der Waals surface area contributed by atoms with Crippen molar-refractivity contribution in [2.45, 2.75) is 18.2 Å². The molecule has 0 bridgehead atoms. The number of ketones is 1. The zero-order valence-corrected chi connectivity index (χ0v) is 11.9. The van der Waals surface area contributed by atoms with Crippen LogP contribution in [0.25, 0.3) is 10.2 Å². The van der Waals surface area contributed by atoms with Crippen molar-refractivity contribution in [3.05, 3.63) is 18.2 Å². The number of rotatable bonds is 4. The van der Waals surface area contributed by atoms with Gasteiger partial charge in [-0.15, -0.1) is 0 Å². The van der Waals surface area contributed by atoms with Gasteiger partial charge in [0.05, 0.1) is 21.5 Å². The molecule has 2 N–H and O–H groups in total. The van der Waals surface area contributed by atoms with Crippen LogP contribution in [0, 0.1) is 0 Å². The first kappa shape index (κ1) is 14.6. The molecule has 1 aromatic heterocycles. The predicted molar refractivity (Wildman–Crippen MR) is 73.4 cm³/mol. The van der Waals surface area contributed by atoms with Gasteiger partial charge in [0, 0.05) is 0 Å². The molecule has 0 unspecified atom stereocenters. The molecule has 0 radical (unpaired) electrons.